The second-order valence-corrected chi connectivity index (χ2v) is 5.01. The van der Waals surface area contributed by atoms with Crippen LogP contribution in [0.15, 0.2) is 48.0 Å². The number of benzene rings is 2. The maximum atomic E-state index is 13.1. The zero-order valence-electron chi connectivity index (χ0n) is 12.0. The molecule has 0 aliphatic rings. The van der Waals surface area contributed by atoms with E-state index in [1.165, 1.54) is 42.5 Å². The number of nitro groups is 1. The van der Waals surface area contributed by atoms with Gasteiger partial charge in [0.15, 0.2) is 0 Å². The lowest BCUT2D eigenvalue weighted by Crippen LogP contribution is -2.13. The van der Waals surface area contributed by atoms with E-state index >= 15 is 0 Å². The highest BCUT2D eigenvalue weighted by Crippen LogP contribution is 2.20. The van der Waals surface area contributed by atoms with Crippen LogP contribution in [-0.2, 0) is 4.79 Å². The Balaban J connectivity index is 2.20. The van der Waals surface area contributed by atoms with E-state index in [1.807, 2.05) is 0 Å². The lowest BCUT2D eigenvalue weighted by Gasteiger charge is -2.05. The van der Waals surface area contributed by atoms with Gasteiger partial charge in [0, 0.05) is 17.8 Å². The Morgan fingerprint density at radius 1 is 1.29 bits per heavy atom. The Kier molecular flexibility index (Phi) is 5.24. The number of halogens is 2. The summed E-state index contributed by atoms with van der Waals surface area (Å²) >= 11 is 5.62. The van der Waals surface area contributed by atoms with E-state index in [2.05, 4.69) is 5.32 Å². The molecular formula is C16H9ClFN3O3. The maximum Gasteiger partial charge on any atom is 0.269 e. The number of nitro benzene ring substituents is 1. The van der Waals surface area contributed by atoms with Gasteiger partial charge in [0.05, 0.1) is 9.95 Å². The molecule has 0 atom stereocenters. The first-order chi connectivity index (χ1) is 11.4. The van der Waals surface area contributed by atoms with Crippen LogP contribution in [0.1, 0.15) is 5.56 Å². The van der Waals surface area contributed by atoms with Gasteiger partial charge in [-0.15, -0.1) is 0 Å². The van der Waals surface area contributed by atoms with Gasteiger partial charge in [-0.25, -0.2) is 4.39 Å². The number of hydrogen-bond donors (Lipinski definition) is 1. The van der Waals surface area contributed by atoms with E-state index < -0.39 is 16.6 Å². The summed E-state index contributed by atoms with van der Waals surface area (Å²) in [5.74, 6) is -1.34. The predicted molar refractivity (Wildman–Crippen MR) is 86.7 cm³/mol. The Morgan fingerprint density at radius 3 is 2.50 bits per heavy atom. The van der Waals surface area contributed by atoms with Crippen LogP contribution in [0.25, 0.3) is 6.08 Å². The summed E-state index contributed by atoms with van der Waals surface area (Å²) in [5, 5.41) is 22.0. The molecule has 0 fully saturated rings. The number of nitriles is 1. The Hall–Kier alpha value is -3.24. The molecular weight excluding hydrogens is 337 g/mol. The van der Waals surface area contributed by atoms with E-state index in [1.54, 1.807) is 6.07 Å². The Morgan fingerprint density at radius 2 is 1.96 bits per heavy atom. The molecule has 6 nitrogen and oxygen atoms in total. The smallest absolute Gasteiger partial charge is 0.269 e. The van der Waals surface area contributed by atoms with Crippen LogP contribution in [0.3, 0.4) is 0 Å². The monoisotopic (exact) mass is 345 g/mol. The highest BCUT2D eigenvalue weighted by molar-refractivity contribution is 6.31. The molecule has 0 radical (unpaired) electrons. The van der Waals surface area contributed by atoms with Crippen LogP contribution in [0.5, 0.6) is 0 Å². The van der Waals surface area contributed by atoms with Gasteiger partial charge in [0.1, 0.15) is 17.5 Å². The second kappa shape index (κ2) is 7.35. The van der Waals surface area contributed by atoms with E-state index in [-0.39, 0.29) is 22.0 Å². The molecule has 1 N–H and O–H groups in total. The van der Waals surface area contributed by atoms with Crippen molar-refractivity contribution in [2.24, 2.45) is 0 Å². The number of rotatable bonds is 4. The molecule has 0 aromatic heterocycles. The molecule has 2 aromatic rings. The molecule has 24 heavy (non-hydrogen) atoms. The standard InChI is InChI=1S/C16H9ClFN3O3/c17-14-8-12(3-6-15(14)18)20-16(22)11(9-19)7-10-1-4-13(5-2-10)21(23)24/h1-8H,(H,20,22)/b11-7+. The van der Waals surface area contributed by atoms with Crippen molar-refractivity contribution in [3.05, 3.63) is 74.6 Å². The molecule has 120 valence electrons. The van der Waals surface area contributed by atoms with Gasteiger partial charge in [-0.3, -0.25) is 14.9 Å². The van der Waals surface area contributed by atoms with Crippen molar-refractivity contribution in [1.29, 1.82) is 5.26 Å². The topological polar surface area (TPSA) is 96.0 Å². The number of anilines is 1. The summed E-state index contributed by atoms with van der Waals surface area (Å²) < 4.78 is 13.1. The first-order valence-corrected chi connectivity index (χ1v) is 6.91. The summed E-state index contributed by atoms with van der Waals surface area (Å²) in [6.45, 7) is 0. The highest BCUT2D eigenvalue weighted by Gasteiger charge is 2.11. The van der Waals surface area contributed by atoms with Crippen molar-refractivity contribution in [1.82, 2.24) is 0 Å². The van der Waals surface area contributed by atoms with Crippen molar-refractivity contribution in [3.8, 4) is 6.07 Å². The third-order valence-corrected chi connectivity index (χ3v) is 3.25. The molecule has 0 aliphatic carbocycles. The van der Waals surface area contributed by atoms with Crippen molar-refractivity contribution in [3.63, 3.8) is 0 Å². The van der Waals surface area contributed by atoms with E-state index in [4.69, 9.17) is 16.9 Å². The number of hydrogen-bond acceptors (Lipinski definition) is 4. The van der Waals surface area contributed by atoms with Crippen LogP contribution in [-0.4, -0.2) is 10.8 Å². The first-order valence-electron chi connectivity index (χ1n) is 6.53. The SMILES string of the molecule is N#C/C(=C\c1ccc([N+](=O)[O-])cc1)C(=O)Nc1ccc(F)c(Cl)c1. The van der Waals surface area contributed by atoms with Crippen LogP contribution in [0.2, 0.25) is 5.02 Å². The van der Waals surface area contributed by atoms with Gasteiger partial charge in [-0.05, 0) is 42.0 Å². The minimum atomic E-state index is -0.710. The lowest BCUT2D eigenvalue weighted by atomic mass is 10.1. The molecule has 0 bridgehead atoms. The number of amides is 1. The van der Waals surface area contributed by atoms with Gasteiger partial charge in [-0.1, -0.05) is 11.6 Å². The predicted octanol–water partition coefficient (Wildman–Crippen LogP) is 3.93. The van der Waals surface area contributed by atoms with E-state index in [0.717, 1.165) is 6.07 Å². The van der Waals surface area contributed by atoms with Crippen molar-refractivity contribution in [2.45, 2.75) is 0 Å². The second-order valence-electron chi connectivity index (χ2n) is 4.60. The maximum absolute atomic E-state index is 13.1. The first kappa shape index (κ1) is 17.1. The van der Waals surface area contributed by atoms with Gasteiger partial charge in [0.25, 0.3) is 11.6 Å². The third kappa shape index (κ3) is 4.15. The number of nitrogens with one attached hydrogen (secondary N) is 1. The number of carbonyl (C=O) groups excluding carboxylic acids is 1. The number of carbonyl (C=O) groups is 1. The zero-order chi connectivity index (χ0) is 17.7. The summed E-state index contributed by atoms with van der Waals surface area (Å²) in [6, 6.07) is 10.7. The van der Waals surface area contributed by atoms with Gasteiger partial charge < -0.3 is 5.32 Å². The fourth-order valence-corrected chi connectivity index (χ4v) is 1.96. The molecule has 0 spiro atoms. The fraction of sp³-hybridized carbons (Fsp3) is 0. The molecule has 0 unspecified atom stereocenters. The van der Waals surface area contributed by atoms with E-state index in [0.29, 0.717) is 5.56 Å². The van der Waals surface area contributed by atoms with Crippen LogP contribution in [0, 0.1) is 27.3 Å². The molecule has 0 saturated carbocycles. The average Bonchev–Trinajstić information content (AvgIpc) is 2.56. The zero-order valence-corrected chi connectivity index (χ0v) is 12.7. The summed E-state index contributed by atoms with van der Waals surface area (Å²) in [7, 11) is 0. The minimum Gasteiger partial charge on any atom is -0.321 e. The van der Waals surface area contributed by atoms with Crippen LogP contribution in [0.4, 0.5) is 15.8 Å². The summed E-state index contributed by atoms with van der Waals surface area (Å²) in [4.78, 5) is 22.1. The summed E-state index contributed by atoms with van der Waals surface area (Å²) in [5.41, 5.74) is 0.362. The van der Waals surface area contributed by atoms with Crippen molar-refractivity contribution in [2.75, 3.05) is 5.32 Å². The molecule has 0 saturated heterocycles. The molecule has 2 rings (SSSR count). The minimum absolute atomic E-state index is 0.101. The Bertz CT molecular complexity index is 873. The van der Waals surface area contributed by atoms with Gasteiger partial charge in [-0.2, -0.15) is 5.26 Å². The highest BCUT2D eigenvalue weighted by atomic mass is 35.5. The lowest BCUT2D eigenvalue weighted by molar-refractivity contribution is -0.384. The van der Waals surface area contributed by atoms with Crippen molar-refractivity contribution < 1.29 is 14.1 Å². The third-order valence-electron chi connectivity index (χ3n) is 2.96. The molecule has 0 heterocycles. The molecule has 0 aliphatic heterocycles. The molecule has 2 aromatic carbocycles. The van der Waals surface area contributed by atoms with Crippen LogP contribution >= 0.6 is 11.6 Å². The van der Waals surface area contributed by atoms with Gasteiger partial charge in [0.2, 0.25) is 0 Å². The van der Waals surface area contributed by atoms with Crippen molar-refractivity contribution >= 4 is 35.0 Å². The largest absolute Gasteiger partial charge is 0.321 e. The molecule has 1 amide bonds. The number of non-ortho nitro benzene ring substituents is 1. The van der Waals surface area contributed by atoms with Gasteiger partial charge >= 0.3 is 0 Å². The normalized spacial score (nSPS) is 10.8. The summed E-state index contributed by atoms with van der Waals surface area (Å²) in [6.07, 6.45) is 1.28. The average molecular weight is 346 g/mol. The van der Waals surface area contributed by atoms with Crippen LogP contribution < -0.4 is 5.32 Å². The number of nitrogens with zero attached hydrogens (tertiary/aromatic N) is 2. The Labute approximate surface area is 140 Å². The quantitative estimate of drug-likeness (QED) is 0.393. The fourth-order valence-electron chi connectivity index (χ4n) is 1.78. The van der Waals surface area contributed by atoms with E-state index in [9.17, 15) is 19.3 Å². The molecule has 8 heteroatoms.